The van der Waals surface area contributed by atoms with Crippen LogP contribution in [0.2, 0.25) is 0 Å². The van der Waals surface area contributed by atoms with E-state index >= 15 is 0 Å². The zero-order chi connectivity index (χ0) is 12.4. The van der Waals surface area contributed by atoms with Gasteiger partial charge in [0, 0.05) is 13.1 Å². The van der Waals surface area contributed by atoms with E-state index in [1.165, 1.54) is 18.4 Å². The second kappa shape index (κ2) is 4.84. The molecule has 1 aromatic rings. The molecule has 0 radical (unpaired) electrons. The van der Waals surface area contributed by atoms with Gasteiger partial charge in [0.05, 0.1) is 0 Å². The summed E-state index contributed by atoms with van der Waals surface area (Å²) < 4.78 is 5.34. The van der Waals surface area contributed by atoms with Crippen molar-refractivity contribution < 1.29 is 9.53 Å². The van der Waals surface area contributed by atoms with Gasteiger partial charge in [-0.2, -0.15) is 0 Å². The Kier molecular flexibility index (Phi) is 3.05. The highest BCUT2D eigenvalue weighted by Gasteiger charge is 2.33. The lowest BCUT2D eigenvalue weighted by Crippen LogP contribution is -2.29. The van der Waals surface area contributed by atoms with Crippen LogP contribution in [0.1, 0.15) is 18.4 Å². The molecule has 1 unspecified atom stereocenters. The summed E-state index contributed by atoms with van der Waals surface area (Å²) >= 11 is 0. The third kappa shape index (κ3) is 2.26. The number of ether oxygens (including phenoxy) is 1. The summed E-state index contributed by atoms with van der Waals surface area (Å²) in [7, 11) is 0. The second-order valence-corrected chi connectivity index (χ2v) is 4.97. The fourth-order valence-corrected chi connectivity index (χ4v) is 2.72. The molecule has 1 atom stereocenters. The maximum absolute atomic E-state index is 11.9. The summed E-state index contributed by atoms with van der Waals surface area (Å²) in [4.78, 5) is 13.7. The first-order valence-electron chi connectivity index (χ1n) is 6.47. The number of carbonyl (C=O) groups is 1. The largest absolute Gasteiger partial charge is 0.445 e. The zero-order valence-corrected chi connectivity index (χ0v) is 10.3. The summed E-state index contributed by atoms with van der Waals surface area (Å²) in [6.45, 7) is 1.96. The third-order valence-electron chi connectivity index (χ3n) is 3.72. The Bertz CT molecular complexity index is 467. The van der Waals surface area contributed by atoms with Crippen LogP contribution in [0, 0.1) is 5.92 Å². The average molecular weight is 243 g/mol. The van der Waals surface area contributed by atoms with E-state index in [0.717, 1.165) is 18.7 Å². The van der Waals surface area contributed by atoms with Gasteiger partial charge in [0.15, 0.2) is 0 Å². The van der Waals surface area contributed by atoms with Crippen LogP contribution in [0.25, 0.3) is 0 Å². The maximum atomic E-state index is 11.9. The van der Waals surface area contributed by atoms with E-state index < -0.39 is 0 Å². The van der Waals surface area contributed by atoms with Crippen molar-refractivity contribution in [1.29, 1.82) is 0 Å². The van der Waals surface area contributed by atoms with Gasteiger partial charge in [-0.25, -0.2) is 4.79 Å². The number of hydrogen-bond acceptors (Lipinski definition) is 2. The summed E-state index contributed by atoms with van der Waals surface area (Å²) in [6.07, 6.45) is 4.45. The first-order valence-corrected chi connectivity index (χ1v) is 6.47. The van der Waals surface area contributed by atoms with Crippen LogP contribution >= 0.6 is 0 Å². The van der Waals surface area contributed by atoms with Crippen molar-refractivity contribution in [2.75, 3.05) is 13.1 Å². The van der Waals surface area contributed by atoms with Crippen LogP contribution in [0.4, 0.5) is 4.79 Å². The molecule has 1 heterocycles. The van der Waals surface area contributed by atoms with Crippen molar-refractivity contribution in [3.8, 4) is 0 Å². The topological polar surface area (TPSA) is 29.5 Å². The molecular weight excluding hydrogens is 226 g/mol. The zero-order valence-electron chi connectivity index (χ0n) is 10.3. The molecule has 0 spiro atoms. The maximum Gasteiger partial charge on any atom is 0.410 e. The summed E-state index contributed by atoms with van der Waals surface area (Å²) in [5, 5.41) is 0. The molecule has 3 nitrogen and oxygen atoms in total. The van der Waals surface area contributed by atoms with Crippen LogP contribution in [0.5, 0.6) is 0 Å². The van der Waals surface area contributed by atoms with Gasteiger partial charge >= 0.3 is 6.09 Å². The summed E-state index contributed by atoms with van der Waals surface area (Å²) in [5.41, 5.74) is 2.45. The van der Waals surface area contributed by atoms with Gasteiger partial charge in [-0.1, -0.05) is 36.4 Å². The van der Waals surface area contributed by atoms with E-state index in [4.69, 9.17) is 4.74 Å². The molecule has 1 amide bonds. The summed E-state index contributed by atoms with van der Waals surface area (Å²) in [5.74, 6) is 0.592. The number of fused-ring (bicyclic) bond motifs is 1. The van der Waals surface area contributed by atoms with Gasteiger partial charge in [0.1, 0.15) is 6.61 Å². The Balaban J connectivity index is 1.53. The SMILES string of the molecule is O=C(OCc1ccccc1)N1CC2=CCCC2C1. The first kappa shape index (κ1) is 11.3. The molecule has 94 valence electrons. The van der Waals surface area contributed by atoms with Gasteiger partial charge in [0.25, 0.3) is 0 Å². The third-order valence-corrected chi connectivity index (χ3v) is 3.72. The lowest BCUT2D eigenvalue weighted by Gasteiger charge is -2.16. The van der Waals surface area contributed by atoms with Crippen LogP contribution in [0.15, 0.2) is 42.0 Å². The van der Waals surface area contributed by atoms with Crippen LogP contribution in [0.3, 0.4) is 0 Å². The lowest BCUT2D eigenvalue weighted by atomic mass is 10.1. The monoisotopic (exact) mass is 243 g/mol. The highest BCUT2D eigenvalue weighted by Crippen LogP contribution is 2.32. The smallest absolute Gasteiger partial charge is 0.410 e. The van der Waals surface area contributed by atoms with Crippen molar-refractivity contribution in [3.63, 3.8) is 0 Å². The fraction of sp³-hybridized carbons (Fsp3) is 0.400. The first-order chi connectivity index (χ1) is 8.83. The minimum absolute atomic E-state index is 0.186. The molecule has 0 N–H and O–H groups in total. The molecule has 1 aromatic carbocycles. The molecule has 0 aromatic heterocycles. The Hall–Kier alpha value is -1.77. The van der Waals surface area contributed by atoms with Gasteiger partial charge in [-0.3, -0.25) is 0 Å². The number of carbonyl (C=O) groups excluding carboxylic acids is 1. The van der Waals surface area contributed by atoms with Crippen LogP contribution in [-0.4, -0.2) is 24.1 Å². The number of allylic oxidation sites excluding steroid dienone is 1. The fourth-order valence-electron chi connectivity index (χ4n) is 2.72. The number of amides is 1. The molecule has 0 saturated carbocycles. The van der Waals surface area contributed by atoms with Gasteiger partial charge in [-0.05, 0) is 29.9 Å². The van der Waals surface area contributed by atoms with E-state index in [2.05, 4.69) is 6.08 Å². The summed E-state index contributed by atoms with van der Waals surface area (Å²) in [6, 6.07) is 9.80. The molecule has 1 saturated heterocycles. The van der Waals surface area contributed by atoms with Crippen molar-refractivity contribution in [3.05, 3.63) is 47.5 Å². The van der Waals surface area contributed by atoms with Gasteiger partial charge in [-0.15, -0.1) is 0 Å². The molecule has 2 aliphatic rings. The van der Waals surface area contributed by atoms with Crippen molar-refractivity contribution in [2.45, 2.75) is 19.4 Å². The predicted molar refractivity (Wildman–Crippen MR) is 69.0 cm³/mol. The molecule has 3 rings (SSSR count). The average Bonchev–Trinajstić information content (AvgIpc) is 2.98. The van der Waals surface area contributed by atoms with Crippen molar-refractivity contribution in [1.82, 2.24) is 4.90 Å². The molecule has 1 aliphatic heterocycles. The highest BCUT2D eigenvalue weighted by atomic mass is 16.6. The quantitative estimate of drug-likeness (QED) is 0.747. The molecule has 1 aliphatic carbocycles. The number of nitrogens with zero attached hydrogens (tertiary/aromatic N) is 1. The number of likely N-dealkylation sites (tertiary alicyclic amines) is 1. The molecule has 0 bridgehead atoms. The Labute approximate surface area is 107 Å². The number of rotatable bonds is 2. The molecule has 1 fully saturated rings. The minimum Gasteiger partial charge on any atom is -0.445 e. The number of benzene rings is 1. The predicted octanol–water partition coefficient (Wildman–Crippen LogP) is 2.98. The van der Waals surface area contributed by atoms with Crippen molar-refractivity contribution >= 4 is 6.09 Å². The van der Waals surface area contributed by atoms with E-state index in [-0.39, 0.29) is 6.09 Å². The highest BCUT2D eigenvalue weighted by molar-refractivity contribution is 5.69. The van der Waals surface area contributed by atoms with Crippen LogP contribution < -0.4 is 0 Å². The lowest BCUT2D eigenvalue weighted by molar-refractivity contribution is 0.103. The Morgan fingerprint density at radius 3 is 2.94 bits per heavy atom. The van der Waals surface area contributed by atoms with E-state index in [1.807, 2.05) is 35.2 Å². The Morgan fingerprint density at radius 2 is 2.17 bits per heavy atom. The molecule has 18 heavy (non-hydrogen) atoms. The molecular formula is C15H17NO2. The molecule has 3 heteroatoms. The van der Waals surface area contributed by atoms with E-state index in [0.29, 0.717) is 12.5 Å². The van der Waals surface area contributed by atoms with Crippen molar-refractivity contribution in [2.24, 2.45) is 5.92 Å². The normalized spacial score (nSPS) is 21.7. The number of hydrogen-bond donors (Lipinski definition) is 0. The standard InChI is InChI=1S/C15H17NO2/c17-15(18-11-12-5-2-1-3-6-12)16-9-13-7-4-8-14(13)10-16/h1-3,5-7,14H,4,8-11H2. The Morgan fingerprint density at radius 1 is 1.33 bits per heavy atom. The van der Waals surface area contributed by atoms with Gasteiger partial charge < -0.3 is 9.64 Å². The van der Waals surface area contributed by atoms with Crippen LogP contribution in [-0.2, 0) is 11.3 Å². The minimum atomic E-state index is -0.186. The van der Waals surface area contributed by atoms with E-state index in [1.54, 1.807) is 0 Å². The van der Waals surface area contributed by atoms with Gasteiger partial charge in [0.2, 0.25) is 0 Å². The van der Waals surface area contributed by atoms with E-state index in [9.17, 15) is 4.79 Å². The second-order valence-electron chi connectivity index (χ2n) is 4.97.